The fourth-order valence-electron chi connectivity index (χ4n) is 0. The van der Waals surface area contributed by atoms with Gasteiger partial charge in [0.15, 0.2) is 0 Å². The van der Waals surface area contributed by atoms with Crippen molar-refractivity contribution < 1.29 is 9.59 Å². The first-order chi connectivity index (χ1) is 5.38. The van der Waals surface area contributed by atoms with E-state index in [0.717, 1.165) is 0 Å². The number of hydrogen-bond donors (Lipinski definition) is 4. The Balaban J connectivity index is -0.000000101. The van der Waals surface area contributed by atoms with Gasteiger partial charge < -0.3 is 22.9 Å². The van der Waals surface area contributed by atoms with E-state index < -0.39 is 12.1 Å². The lowest BCUT2D eigenvalue weighted by Gasteiger charge is -1.62. The molecule has 6 nitrogen and oxygen atoms in total. The molecule has 0 fully saturated rings. The van der Waals surface area contributed by atoms with E-state index in [1.807, 2.05) is 26.0 Å². The van der Waals surface area contributed by atoms with Crippen molar-refractivity contribution in [3.05, 3.63) is 12.2 Å². The van der Waals surface area contributed by atoms with E-state index in [4.69, 9.17) is 9.59 Å². The van der Waals surface area contributed by atoms with Crippen LogP contribution in [0.1, 0.15) is 13.8 Å². The van der Waals surface area contributed by atoms with Crippen molar-refractivity contribution in [2.24, 2.45) is 22.9 Å². The Morgan fingerprint density at radius 1 is 0.833 bits per heavy atom. The lowest BCUT2D eigenvalue weighted by atomic mass is 10.6. The second-order valence-electron chi connectivity index (χ2n) is 1.47. The minimum atomic E-state index is -0.833. The molecule has 0 radical (unpaired) electrons. The van der Waals surface area contributed by atoms with E-state index in [9.17, 15) is 0 Å². The molecule has 0 heterocycles. The van der Waals surface area contributed by atoms with Gasteiger partial charge in [0.1, 0.15) is 0 Å². The first-order valence-corrected chi connectivity index (χ1v) is 3.05. The van der Waals surface area contributed by atoms with Crippen LogP contribution in [0.15, 0.2) is 12.2 Å². The smallest absolute Gasteiger partial charge is 0.309 e. The second kappa shape index (κ2) is 16.1. The maximum absolute atomic E-state index is 9.00. The molecule has 0 saturated carbocycles. The van der Waals surface area contributed by atoms with Crippen LogP contribution < -0.4 is 22.9 Å². The Hall–Kier alpha value is -1.72. The highest BCUT2D eigenvalue weighted by molar-refractivity contribution is 5.69. The number of allylic oxidation sites excluding steroid dienone is 2. The third-order valence-electron chi connectivity index (χ3n) is 0.333. The van der Waals surface area contributed by atoms with Gasteiger partial charge in [-0.1, -0.05) is 12.2 Å². The van der Waals surface area contributed by atoms with Gasteiger partial charge >= 0.3 is 12.1 Å². The van der Waals surface area contributed by atoms with Crippen LogP contribution in [-0.2, 0) is 0 Å². The van der Waals surface area contributed by atoms with Crippen molar-refractivity contribution in [2.45, 2.75) is 13.8 Å². The number of carbonyl (C=O) groups is 2. The van der Waals surface area contributed by atoms with Gasteiger partial charge in [0.2, 0.25) is 0 Å². The van der Waals surface area contributed by atoms with Crippen molar-refractivity contribution in [2.75, 3.05) is 0 Å². The third kappa shape index (κ3) is 847. The third-order valence-corrected chi connectivity index (χ3v) is 0.333. The molecule has 72 valence electrons. The van der Waals surface area contributed by atoms with Crippen LogP contribution in [0.3, 0.4) is 0 Å². The average molecular weight is 176 g/mol. The van der Waals surface area contributed by atoms with Gasteiger partial charge in [0, 0.05) is 0 Å². The van der Waals surface area contributed by atoms with Gasteiger partial charge in [0.25, 0.3) is 0 Å². The number of carbonyl (C=O) groups excluding carboxylic acids is 2. The Morgan fingerprint density at radius 2 is 0.917 bits per heavy atom. The quantitative estimate of drug-likeness (QED) is 0.374. The van der Waals surface area contributed by atoms with Gasteiger partial charge in [-0.15, -0.1) is 0 Å². The van der Waals surface area contributed by atoms with Crippen LogP contribution in [0.2, 0.25) is 0 Å². The Labute approximate surface area is 71.6 Å². The molecule has 0 spiro atoms. The molecule has 4 amide bonds. The standard InChI is InChI=1S/C4H8.2CH4N2O/c1-3-4-2;2*2-1(3)4/h3-4H,1-2H3;2*(H4,2,3,4). The van der Waals surface area contributed by atoms with Crippen LogP contribution in [0.25, 0.3) is 0 Å². The molecule has 0 aromatic heterocycles. The summed E-state index contributed by atoms with van der Waals surface area (Å²) in [5, 5.41) is 0. The molecule has 0 rings (SSSR count). The number of primary amides is 4. The topological polar surface area (TPSA) is 138 Å². The maximum Gasteiger partial charge on any atom is 0.309 e. The summed E-state index contributed by atoms with van der Waals surface area (Å²) in [5.74, 6) is 0. The highest BCUT2D eigenvalue weighted by Gasteiger charge is 1.61. The van der Waals surface area contributed by atoms with Gasteiger partial charge in [-0.25, -0.2) is 9.59 Å². The summed E-state index contributed by atoms with van der Waals surface area (Å²) in [6.07, 6.45) is 4.00. The zero-order valence-corrected chi connectivity index (χ0v) is 7.28. The number of hydrogen-bond acceptors (Lipinski definition) is 2. The van der Waals surface area contributed by atoms with Crippen LogP contribution >= 0.6 is 0 Å². The van der Waals surface area contributed by atoms with Crippen molar-refractivity contribution in [3.63, 3.8) is 0 Å². The normalized spacial score (nSPS) is 7.17. The fourth-order valence-corrected chi connectivity index (χ4v) is 0. The van der Waals surface area contributed by atoms with Gasteiger partial charge in [-0.3, -0.25) is 0 Å². The van der Waals surface area contributed by atoms with Crippen molar-refractivity contribution in [3.8, 4) is 0 Å². The van der Waals surface area contributed by atoms with E-state index >= 15 is 0 Å². The van der Waals surface area contributed by atoms with E-state index in [1.165, 1.54) is 0 Å². The highest BCUT2D eigenvalue weighted by Crippen LogP contribution is 1.57. The zero-order chi connectivity index (χ0) is 10.6. The summed E-state index contributed by atoms with van der Waals surface area (Å²) in [7, 11) is 0. The van der Waals surface area contributed by atoms with Crippen LogP contribution in [0, 0.1) is 0 Å². The molecule has 0 aliphatic rings. The molecule has 0 saturated heterocycles. The minimum Gasteiger partial charge on any atom is -0.352 e. The predicted molar refractivity (Wildman–Crippen MR) is 48.0 cm³/mol. The summed E-state index contributed by atoms with van der Waals surface area (Å²) in [5.41, 5.74) is 17.0. The largest absolute Gasteiger partial charge is 0.352 e. The molecule has 12 heavy (non-hydrogen) atoms. The van der Waals surface area contributed by atoms with E-state index in [-0.39, 0.29) is 0 Å². The molecular weight excluding hydrogens is 160 g/mol. The summed E-state index contributed by atoms with van der Waals surface area (Å²) in [4.78, 5) is 18.0. The molecule has 0 aromatic carbocycles. The van der Waals surface area contributed by atoms with E-state index in [2.05, 4.69) is 22.9 Å². The van der Waals surface area contributed by atoms with E-state index in [1.54, 1.807) is 0 Å². The van der Waals surface area contributed by atoms with Crippen molar-refractivity contribution >= 4 is 12.1 Å². The van der Waals surface area contributed by atoms with Crippen LogP contribution in [-0.4, -0.2) is 12.1 Å². The number of urea groups is 2. The molecule has 0 aliphatic carbocycles. The Bertz CT molecular complexity index is 120. The summed E-state index contributed by atoms with van der Waals surface area (Å²) >= 11 is 0. The lowest BCUT2D eigenvalue weighted by molar-refractivity contribution is 0.255. The lowest BCUT2D eigenvalue weighted by Crippen LogP contribution is -2.18. The molecule has 0 bridgehead atoms. The SMILES string of the molecule is CC=CC.NC(N)=O.NC(N)=O. The molecule has 8 N–H and O–H groups in total. The average Bonchev–Trinajstić information content (AvgIpc) is 1.85. The molecule has 0 unspecified atom stereocenters. The fraction of sp³-hybridized carbons (Fsp3) is 0.333. The van der Waals surface area contributed by atoms with Gasteiger partial charge in [0.05, 0.1) is 0 Å². The first kappa shape index (κ1) is 16.7. The summed E-state index contributed by atoms with van der Waals surface area (Å²) in [6.45, 7) is 4.00. The number of rotatable bonds is 0. The molecule has 0 atom stereocenters. The Kier molecular flexibility index (Phi) is 22.5. The molecule has 0 aliphatic heterocycles. The molecule has 6 heteroatoms. The number of amides is 4. The highest BCUT2D eigenvalue weighted by atomic mass is 16.2. The summed E-state index contributed by atoms with van der Waals surface area (Å²) in [6, 6.07) is -1.67. The first-order valence-electron chi connectivity index (χ1n) is 3.05. The van der Waals surface area contributed by atoms with Gasteiger partial charge in [-0.2, -0.15) is 0 Å². The zero-order valence-electron chi connectivity index (χ0n) is 7.28. The minimum absolute atomic E-state index is 0.833. The second-order valence-corrected chi connectivity index (χ2v) is 1.47. The monoisotopic (exact) mass is 176 g/mol. The predicted octanol–water partition coefficient (Wildman–Crippen LogP) is -0.370. The van der Waals surface area contributed by atoms with Gasteiger partial charge in [-0.05, 0) is 13.8 Å². The maximum atomic E-state index is 9.00. The summed E-state index contributed by atoms with van der Waals surface area (Å²) < 4.78 is 0. The Morgan fingerprint density at radius 3 is 0.917 bits per heavy atom. The van der Waals surface area contributed by atoms with Crippen LogP contribution in [0.5, 0.6) is 0 Å². The number of nitrogens with two attached hydrogens (primary N) is 4. The van der Waals surface area contributed by atoms with Crippen molar-refractivity contribution in [1.82, 2.24) is 0 Å². The molecular formula is C6H16N4O2. The van der Waals surface area contributed by atoms with E-state index in [0.29, 0.717) is 0 Å². The molecule has 0 aromatic rings. The van der Waals surface area contributed by atoms with Crippen molar-refractivity contribution in [1.29, 1.82) is 0 Å². The van der Waals surface area contributed by atoms with Crippen LogP contribution in [0.4, 0.5) is 9.59 Å².